The first-order valence-electron chi connectivity index (χ1n) is 8.67. The van der Waals surface area contributed by atoms with Crippen molar-refractivity contribution in [3.8, 4) is 11.5 Å². The molecule has 0 unspecified atom stereocenters. The van der Waals surface area contributed by atoms with E-state index in [2.05, 4.69) is 4.90 Å². The molecule has 0 radical (unpaired) electrons. The molecule has 0 N–H and O–H groups in total. The summed E-state index contributed by atoms with van der Waals surface area (Å²) in [6, 6.07) is 15.2. The smallest absolute Gasteiger partial charge is 0.263 e. The van der Waals surface area contributed by atoms with Gasteiger partial charge in [0.15, 0.2) is 6.10 Å². The molecular weight excluding hydrogens is 352 g/mol. The average Bonchev–Trinajstić information content (AvgIpc) is 2.69. The van der Waals surface area contributed by atoms with Gasteiger partial charge in [-0.2, -0.15) is 0 Å². The molecule has 2 aromatic rings. The van der Waals surface area contributed by atoms with E-state index in [0.717, 1.165) is 24.5 Å². The molecule has 1 heterocycles. The fraction of sp³-hybridized carbons (Fsp3) is 0.350. The van der Waals surface area contributed by atoms with Gasteiger partial charge in [0.1, 0.15) is 11.5 Å². The van der Waals surface area contributed by atoms with Crippen LogP contribution in [0.15, 0.2) is 48.5 Å². The Morgan fingerprint density at radius 3 is 2.31 bits per heavy atom. The maximum atomic E-state index is 12.7. The van der Waals surface area contributed by atoms with Crippen molar-refractivity contribution in [1.29, 1.82) is 0 Å². The molecule has 0 aromatic heterocycles. The number of hydrogen-bond acceptors (Lipinski definition) is 4. The first-order chi connectivity index (χ1) is 12.6. The van der Waals surface area contributed by atoms with E-state index in [1.165, 1.54) is 0 Å². The molecule has 1 aliphatic rings. The van der Waals surface area contributed by atoms with E-state index < -0.39 is 6.10 Å². The number of hydrogen-bond donors (Lipinski definition) is 0. The van der Waals surface area contributed by atoms with Crippen LogP contribution >= 0.6 is 11.6 Å². The summed E-state index contributed by atoms with van der Waals surface area (Å²) in [5.74, 6) is 1.36. The molecule has 6 heteroatoms. The second-order valence-corrected chi connectivity index (χ2v) is 6.61. The van der Waals surface area contributed by atoms with Gasteiger partial charge in [-0.15, -0.1) is 0 Å². The molecule has 3 rings (SSSR count). The van der Waals surface area contributed by atoms with Gasteiger partial charge in [-0.1, -0.05) is 23.7 Å². The highest BCUT2D eigenvalue weighted by Gasteiger charge is 2.26. The van der Waals surface area contributed by atoms with Gasteiger partial charge in [0, 0.05) is 31.9 Å². The summed E-state index contributed by atoms with van der Waals surface area (Å²) < 4.78 is 10.9. The Morgan fingerprint density at radius 2 is 1.69 bits per heavy atom. The highest BCUT2D eigenvalue weighted by atomic mass is 35.5. The van der Waals surface area contributed by atoms with Gasteiger partial charge < -0.3 is 19.3 Å². The number of anilines is 1. The van der Waals surface area contributed by atoms with Crippen LogP contribution < -0.4 is 14.4 Å². The fourth-order valence-electron chi connectivity index (χ4n) is 3.02. The van der Waals surface area contributed by atoms with E-state index >= 15 is 0 Å². The highest BCUT2D eigenvalue weighted by molar-refractivity contribution is 6.32. The first kappa shape index (κ1) is 18.4. The zero-order valence-electron chi connectivity index (χ0n) is 15.0. The maximum absolute atomic E-state index is 12.7. The largest absolute Gasteiger partial charge is 0.497 e. The zero-order chi connectivity index (χ0) is 18.5. The number of piperazine rings is 1. The maximum Gasteiger partial charge on any atom is 0.263 e. The average molecular weight is 375 g/mol. The van der Waals surface area contributed by atoms with E-state index in [-0.39, 0.29) is 5.91 Å². The van der Waals surface area contributed by atoms with Gasteiger partial charge >= 0.3 is 0 Å². The molecule has 1 amide bonds. The number of rotatable bonds is 5. The molecule has 0 spiro atoms. The minimum absolute atomic E-state index is 0.0145. The van der Waals surface area contributed by atoms with Crippen LogP contribution in [0.5, 0.6) is 11.5 Å². The topological polar surface area (TPSA) is 42.0 Å². The van der Waals surface area contributed by atoms with E-state index in [1.54, 1.807) is 26.2 Å². The third kappa shape index (κ3) is 4.22. The molecule has 1 saturated heterocycles. The Balaban J connectivity index is 1.55. The Labute approximate surface area is 159 Å². The van der Waals surface area contributed by atoms with Crippen LogP contribution in [-0.4, -0.2) is 50.2 Å². The number of carbonyl (C=O) groups excluding carboxylic acids is 1. The molecule has 5 nitrogen and oxygen atoms in total. The monoisotopic (exact) mass is 374 g/mol. The van der Waals surface area contributed by atoms with E-state index in [4.69, 9.17) is 21.1 Å². The Bertz CT molecular complexity index is 743. The Morgan fingerprint density at radius 1 is 1.04 bits per heavy atom. The van der Waals surface area contributed by atoms with Gasteiger partial charge in [0.2, 0.25) is 0 Å². The van der Waals surface area contributed by atoms with Gasteiger partial charge in [0.05, 0.1) is 12.1 Å². The molecule has 1 fully saturated rings. The summed E-state index contributed by atoms with van der Waals surface area (Å²) in [4.78, 5) is 16.8. The second-order valence-electron chi connectivity index (χ2n) is 6.20. The summed E-state index contributed by atoms with van der Waals surface area (Å²) >= 11 is 6.10. The lowest BCUT2D eigenvalue weighted by atomic mass is 10.2. The van der Waals surface area contributed by atoms with E-state index in [0.29, 0.717) is 23.9 Å². The first-order valence-corrected chi connectivity index (χ1v) is 9.05. The molecule has 0 bridgehead atoms. The zero-order valence-corrected chi connectivity index (χ0v) is 15.8. The third-order valence-electron chi connectivity index (χ3n) is 4.52. The summed E-state index contributed by atoms with van der Waals surface area (Å²) in [6.45, 7) is 4.68. The van der Waals surface area contributed by atoms with Crippen molar-refractivity contribution in [1.82, 2.24) is 4.90 Å². The minimum Gasteiger partial charge on any atom is -0.497 e. The molecule has 0 saturated carbocycles. The number of benzene rings is 2. The highest BCUT2D eigenvalue weighted by Crippen LogP contribution is 2.25. The van der Waals surface area contributed by atoms with Crippen LogP contribution in [0.2, 0.25) is 5.02 Å². The van der Waals surface area contributed by atoms with E-state index in [1.807, 2.05) is 41.3 Å². The van der Waals surface area contributed by atoms with Crippen LogP contribution in [0.1, 0.15) is 6.92 Å². The molecule has 2 aromatic carbocycles. The molecule has 1 atom stereocenters. The van der Waals surface area contributed by atoms with Crippen molar-refractivity contribution >= 4 is 23.2 Å². The Kier molecular flexibility index (Phi) is 5.89. The number of halogens is 1. The van der Waals surface area contributed by atoms with Gasteiger partial charge in [-0.3, -0.25) is 4.79 Å². The number of nitrogens with zero attached hydrogens (tertiary/aromatic N) is 2. The van der Waals surface area contributed by atoms with Crippen LogP contribution in [-0.2, 0) is 4.79 Å². The van der Waals surface area contributed by atoms with Crippen molar-refractivity contribution in [2.24, 2.45) is 0 Å². The van der Waals surface area contributed by atoms with Crippen molar-refractivity contribution < 1.29 is 14.3 Å². The van der Waals surface area contributed by atoms with Crippen molar-refractivity contribution in [2.45, 2.75) is 13.0 Å². The lowest BCUT2D eigenvalue weighted by molar-refractivity contribution is -0.138. The molecule has 26 heavy (non-hydrogen) atoms. The minimum atomic E-state index is -0.567. The van der Waals surface area contributed by atoms with Gasteiger partial charge in [-0.25, -0.2) is 0 Å². The molecule has 138 valence electrons. The molecular formula is C20H23ClN2O3. The fourth-order valence-corrected chi connectivity index (χ4v) is 3.20. The lowest BCUT2D eigenvalue weighted by Crippen LogP contribution is -2.52. The van der Waals surface area contributed by atoms with Gasteiger partial charge in [-0.05, 0) is 43.3 Å². The SMILES string of the molecule is COc1ccc(N2CCN(C(=O)[C@H](C)Oc3ccccc3Cl)CC2)cc1. The van der Waals surface area contributed by atoms with Crippen LogP contribution in [0.4, 0.5) is 5.69 Å². The Hall–Kier alpha value is -2.40. The lowest BCUT2D eigenvalue weighted by Gasteiger charge is -2.37. The predicted molar refractivity (Wildman–Crippen MR) is 103 cm³/mol. The number of methoxy groups -OCH3 is 1. The normalized spacial score (nSPS) is 15.5. The number of carbonyl (C=O) groups is 1. The standard InChI is InChI=1S/C20H23ClN2O3/c1-15(26-19-6-4-3-5-18(19)21)20(24)23-13-11-22(12-14-23)16-7-9-17(25-2)10-8-16/h3-10,15H,11-14H2,1-2H3/t15-/m0/s1. The van der Waals surface area contributed by atoms with Crippen LogP contribution in [0, 0.1) is 0 Å². The van der Waals surface area contributed by atoms with Crippen LogP contribution in [0.25, 0.3) is 0 Å². The summed E-state index contributed by atoms with van der Waals surface area (Å²) in [6.07, 6.45) is -0.567. The van der Waals surface area contributed by atoms with Crippen molar-refractivity contribution in [3.63, 3.8) is 0 Å². The second kappa shape index (κ2) is 8.32. The van der Waals surface area contributed by atoms with Gasteiger partial charge in [0.25, 0.3) is 5.91 Å². The summed E-state index contributed by atoms with van der Waals surface area (Å²) in [7, 11) is 1.66. The van der Waals surface area contributed by atoms with Crippen molar-refractivity contribution in [3.05, 3.63) is 53.6 Å². The summed E-state index contributed by atoms with van der Waals surface area (Å²) in [5.41, 5.74) is 1.14. The quantitative estimate of drug-likeness (QED) is 0.803. The van der Waals surface area contributed by atoms with Crippen molar-refractivity contribution in [2.75, 3.05) is 38.2 Å². The van der Waals surface area contributed by atoms with Crippen LogP contribution in [0.3, 0.4) is 0 Å². The number of amides is 1. The number of ether oxygens (including phenoxy) is 2. The molecule has 1 aliphatic heterocycles. The predicted octanol–water partition coefficient (Wildman–Crippen LogP) is 3.46. The van der Waals surface area contributed by atoms with E-state index in [9.17, 15) is 4.79 Å². The number of para-hydroxylation sites is 1. The third-order valence-corrected chi connectivity index (χ3v) is 4.83. The summed E-state index contributed by atoms with van der Waals surface area (Å²) in [5, 5.41) is 0.511. The molecule has 0 aliphatic carbocycles.